The summed E-state index contributed by atoms with van der Waals surface area (Å²) >= 11 is 6.10. The van der Waals surface area contributed by atoms with Crippen molar-refractivity contribution < 1.29 is 22.7 Å². The fourth-order valence-corrected chi connectivity index (χ4v) is 5.84. The lowest BCUT2D eigenvalue weighted by Gasteiger charge is -2.26. The molecule has 0 unspecified atom stereocenters. The average Bonchev–Trinajstić information content (AvgIpc) is 2.78. The molecule has 32 heavy (non-hydrogen) atoms. The SMILES string of the molecule is CCN(CC)S(=O)(=O)c1cc(C(=O)OCC(=O)N[C@@H]2CCCc3ccccc32)ccc1Cl. The molecular weight excluding hydrogens is 452 g/mol. The van der Waals surface area contributed by atoms with Gasteiger partial charge in [-0.05, 0) is 48.6 Å². The molecule has 0 saturated carbocycles. The number of hydrogen-bond acceptors (Lipinski definition) is 5. The second kappa shape index (κ2) is 10.5. The van der Waals surface area contributed by atoms with E-state index in [1.807, 2.05) is 18.2 Å². The van der Waals surface area contributed by atoms with Gasteiger partial charge in [-0.15, -0.1) is 0 Å². The van der Waals surface area contributed by atoms with Gasteiger partial charge in [0.25, 0.3) is 5.91 Å². The number of fused-ring (bicyclic) bond motifs is 1. The van der Waals surface area contributed by atoms with E-state index < -0.39 is 28.5 Å². The van der Waals surface area contributed by atoms with Gasteiger partial charge in [-0.3, -0.25) is 4.79 Å². The predicted octanol–water partition coefficient (Wildman–Crippen LogP) is 3.72. The van der Waals surface area contributed by atoms with Crippen molar-refractivity contribution in [2.24, 2.45) is 0 Å². The van der Waals surface area contributed by atoms with Crippen molar-refractivity contribution >= 4 is 33.5 Å². The van der Waals surface area contributed by atoms with E-state index in [1.165, 1.54) is 28.1 Å². The van der Waals surface area contributed by atoms with Crippen LogP contribution in [-0.2, 0) is 26.0 Å². The number of nitrogens with zero attached hydrogens (tertiary/aromatic N) is 1. The van der Waals surface area contributed by atoms with Gasteiger partial charge in [-0.1, -0.05) is 49.7 Å². The van der Waals surface area contributed by atoms with Crippen molar-refractivity contribution in [1.29, 1.82) is 0 Å². The Balaban J connectivity index is 1.66. The summed E-state index contributed by atoms with van der Waals surface area (Å²) in [5.41, 5.74) is 2.31. The minimum atomic E-state index is -3.85. The molecule has 0 aromatic heterocycles. The Bertz CT molecular complexity index is 1100. The topological polar surface area (TPSA) is 92.8 Å². The zero-order valence-corrected chi connectivity index (χ0v) is 19.7. The second-order valence-corrected chi connectivity index (χ2v) is 9.84. The number of ether oxygens (including phenoxy) is 1. The first-order chi connectivity index (χ1) is 15.3. The predicted molar refractivity (Wildman–Crippen MR) is 122 cm³/mol. The lowest BCUT2D eigenvalue weighted by Crippen LogP contribution is -2.34. The Morgan fingerprint density at radius 2 is 1.88 bits per heavy atom. The highest BCUT2D eigenvalue weighted by molar-refractivity contribution is 7.89. The van der Waals surface area contributed by atoms with E-state index in [4.69, 9.17) is 16.3 Å². The van der Waals surface area contributed by atoms with E-state index in [2.05, 4.69) is 11.4 Å². The lowest BCUT2D eigenvalue weighted by atomic mass is 9.88. The first kappa shape index (κ1) is 24.2. The van der Waals surface area contributed by atoms with Gasteiger partial charge < -0.3 is 10.1 Å². The van der Waals surface area contributed by atoms with Crippen molar-refractivity contribution in [2.45, 2.75) is 44.0 Å². The highest BCUT2D eigenvalue weighted by Crippen LogP contribution is 2.29. The van der Waals surface area contributed by atoms with Crippen molar-refractivity contribution in [1.82, 2.24) is 9.62 Å². The number of benzene rings is 2. The van der Waals surface area contributed by atoms with Gasteiger partial charge in [-0.25, -0.2) is 13.2 Å². The Hall–Kier alpha value is -2.42. The Labute approximate surface area is 193 Å². The molecule has 0 spiro atoms. The fourth-order valence-electron chi connectivity index (χ4n) is 3.88. The standard InChI is InChI=1S/C23H27ClN2O5S/c1-3-26(4-2)32(29,30)21-14-17(12-13-19(21)24)23(28)31-15-22(27)25-20-11-7-9-16-8-5-6-10-18(16)20/h5-6,8,10,12-14,20H,3-4,7,9,11,15H2,1-2H3,(H,25,27)/t20-/m1/s1. The van der Waals surface area contributed by atoms with Gasteiger partial charge >= 0.3 is 5.97 Å². The van der Waals surface area contributed by atoms with Gasteiger partial charge in [-0.2, -0.15) is 4.31 Å². The zero-order valence-electron chi connectivity index (χ0n) is 18.1. The van der Waals surface area contributed by atoms with Crippen LogP contribution in [0.4, 0.5) is 0 Å². The largest absolute Gasteiger partial charge is 0.452 e. The molecule has 3 rings (SSSR count). The highest BCUT2D eigenvalue weighted by Gasteiger charge is 2.26. The van der Waals surface area contributed by atoms with Crippen molar-refractivity contribution in [3.8, 4) is 0 Å². The minimum absolute atomic E-state index is 0.0101. The Morgan fingerprint density at radius 3 is 2.59 bits per heavy atom. The maximum Gasteiger partial charge on any atom is 0.338 e. The highest BCUT2D eigenvalue weighted by atomic mass is 35.5. The van der Waals surface area contributed by atoms with Crippen LogP contribution in [-0.4, -0.2) is 44.3 Å². The summed E-state index contributed by atoms with van der Waals surface area (Å²) in [4.78, 5) is 24.7. The van der Waals surface area contributed by atoms with Crippen LogP contribution in [0.5, 0.6) is 0 Å². The van der Waals surface area contributed by atoms with Crippen molar-refractivity contribution in [3.05, 3.63) is 64.2 Å². The van der Waals surface area contributed by atoms with Crippen LogP contribution in [0.15, 0.2) is 47.4 Å². The quantitative estimate of drug-likeness (QED) is 0.583. The number of amides is 1. The van der Waals surface area contributed by atoms with Crippen LogP contribution in [0.2, 0.25) is 5.02 Å². The minimum Gasteiger partial charge on any atom is -0.452 e. The molecular formula is C23H27ClN2O5S. The smallest absolute Gasteiger partial charge is 0.338 e. The summed E-state index contributed by atoms with van der Waals surface area (Å²) in [6, 6.07) is 11.8. The van der Waals surface area contributed by atoms with Crippen molar-refractivity contribution in [2.75, 3.05) is 19.7 Å². The Morgan fingerprint density at radius 1 is 1.16 bits per heavy atom. The first-order valence-corrected chi connectivity index (χ1v) is 12.4. The molecule has 0 radical (unpaired) electrons. The number of esters is 1. The molecule has 1 N–H and O–H groups in total. The summed E-state index contributed by atoms with van der Waals surface area (Å²) in [5, 5.41) is 2.93. The van der Waals surface area contributed by atoms with E-state index >= 15 is 0 Å². The second-order valence-electron chi connectivity index (χ2n) is 7.52. The molecule has 9 heteroatoms. The summed E-state index contributed by atoms with van der Waals surface area (Å²) in [6.45, 7) is 3.52. The molecule has 1 aliphatic rings. The van der Waals surface area contributed by atoms with Gasteiger partial charge in [0.15, 0.2) is 6.61 Å². The molecule has 2 aromatic carbocycles. The molecule has 0 bridgehead atoms. The summed E-state index contributed by atoms with van der Waals surface area (Å²) in [6.07, 6.45) is 2.77. The molecule has 0 aliphatic heterocycles. The third kappa shape index (κ3) is 5.31. The molecule has 172 valence electrons. The van der Waals surface area contributed by atoms with Crippen LogP contribution in [0.3, 0.4) is 0 Å². The van der Waals surface area contributed by atoms with Crippen LogP contribution >= 0.6 is 11.6 Å². The third-order valence-electron chi connectivity index (χ3n) is 5.53. The van der Waals surface area contributed by atoms with Crippen LogP contribution in [0.25, 0.3) is 0 Å². The number of nitrogens with one attached hydrogen (secondary N) is 1. The summed E-state index contributed by atoms with van der Waals surface area (Å²) in [5.74, 6) is -1.21. The van der Waals surface area contributed by atoms with E-state index in [9.17, 15) is 18.0 Å². The molecule has 0 saturated heterocycles. The average molecular weight is 479 g/mol. The number of sulfonamides is 1. The maximum atomic E-state index is 12.8. The number of halogens is 1. The molecule has 7 nitrogen and oxygen atoms in total. The molecule has 2 aromatic rings. The number of aryl methyl sites for hydroxylation is 1. The molecule has 1 atom stereocenters. The number of carbonyl (C=O) groups excluding carboxylic acids is 2. The van der Waals surface area contributed by atoms with Gasteiger partial charge in [0.05, 0.1) is 16.6 Å². The lowest BCUT2D eigenvalue weighted by molar-refractivity contribution is -0.125. The van der Waals surface area contributed by atoms with Crippen LogP contribution in [0.1, 0.15) is 54.2 Å². The van der Waals surface area contributed by atoms with E-state index in [1.54, 1.807) is 13.8 Å². The summed E-state index contributed by atoms with van der Waals surface area (Å²) in [7, 11) is -3.85. The Kier molecular flexibility index (Phi) is 7.92. The molecule has 0 heterocycles. The molecule has 1 aliphatic carbocycles. The van der Waals surface area contributed by atoms with E-state index in [0.29, 0.717) is 0 Å². The van der Waals surface area contributed by atoms with Crippen LogP contribution < -0.4 is 5.32 Å². The van der Waals surface area contributed by atoms with Crippen LogP contribution in [0, 0.1) is 0 Å². The number of hydrogen-bond donors (Lipinski definition) is 1. The molecule has 0 fully saturated rings. The van der Waals surface area contributed by atoms with E-state index in [0.717, 1.165) is 24.8 Å². The number of carbonyl (C=O) groups is 2. The monoisotopic (exact) mass is 478 g/mol. The fraction of sp³-hybridized carbons (Fsp3) is 0.391. The van der Waals surface area contributed by atoms with Gasteiger partial charge in [0, 0.05) is 13.1 Å². The molecule has 1 amide bonds. The van der Waals surface area contributed by atoms with Gasteiger partial charge in [0.1, 0.15) is 4.90 Å². The van der Waals surface area contributed by atoms with Crippen molar-refractivity contribution in [3.63, 3.8) is 0 Å². The summed E-state index contributed by atoms with van der Waals surface area (Å²) < 4.78 is 32.0. The third-order valence-corrected chi connectivity index (χ3v) is 8.06. The normalized spacial score (nSPS) is 15.8. The number of rotatable bonds is 8. The van der Waals surface area contributed by atoms with E-state index in [-0.39, 0.29) is 34.6 Å². The van der Waals surface area contributed by atoms with Gasteiger partial charge in [0.2, 0.25) is 10.0 Å². The maximum absolute atomic E-state index is 12.8. The zero-order chi connectivity index (χ0) is 23.3. The first-order valence-electron chi connectivity index (χ1n) is 10.6.